The van der Waals surface area contributed by atoms with Gasteiger partial charge in [-0.15, -0.1) is 0 Å². The summed E-state index contributed by atoms with van der Waals surface area (Å²) in [6.07, 6.45) is 3.21. The van der Waals surface area contributed by atoms with Crippen molar-refractivity contribution in [2.75, 3.05) is 13.1 Å². The normalized spacial score (nSPS) is 10.7. The van der Waals surface area contributed by atoms with Crippen LogP contribution in [0.15, 0.2) is 54.7 Å². The van der Waals surface area contributed by atoms with Crippen LogP contribution in [0.1, 0.15) is 11.1 Å². The van der Waals surface area contributed by atoms with Gasteiger partial charge in [0.25, 0.3) is 0 Å². The third-order valence-electron chi connectivity index (χ3n) is 4.15. The van der Waals surface area contributed by atoms with Crippen molar-refractivity contribution in [1.29, 1.82) is 0 Å². The van der Waals surface area contributed by atoms with Crippen LogP contribution in [0.25, 0.3) is 10.9 Å². The van der Waals surface area contributed by atoms with Crippen LogP contribution in [-0.2, 0) is 22.4 Å². The topological polar surface area (TPSA) is 74.0 Å². The number of para-hydroxylation sites is 1. The molecule has 3 aromatic rings. The van der Waals surface area contributed by atoms with E-state index in [1.165, 1.54) is 0 Å². The van der Waals surface area contributed by atoms with Gasteiger partial charge in [0.2, 0.25) is 0 Å². The number of hydrogen-bond donors (Lipinski definition) is 3. The number of amides is 2. The molecule has 3 N–H and O–H groups in total. The predicted molar refractivity (Wildman–Crippen MR) is 103 cm³/mol. The van der Waals surface area contributed by atoms with Crippen LogP contribution in [0.2, 0.25) is 5.02 Å². The van der Waals surface area contributed by atoms with Crippen LogP contribution in [0, 0.1) is 0 Å². The van der Waals surface area contributed by atoms with Gasteiger partial charge in [-0.2, -0.15) is 0 Å². The van der Waals surface area contributed by atoms with E-state index in [9.17, 15) is 9.59 Å². The van der Waals surface area contributed by atoms with Crippen molar-refractivity contribution < 1.29 is 9.59 Å². The Morgan fingerprint density at radius 3 is 2.42 bits per heavy atom. The Kier molecular flexibility index (Phi) is 5.92. The van der Waals surface area contributed by atoms with Gasteiger partial charge in [0.1, 0.15) is 0 Å². The molecular weight excluding hydrogens is 350 g/mol. The molecule has 0 unspecified atom stereocenters. The van der Waals surface area contributed by atoms with Crippen LogP contribution in [0.4, 0.5) is 0 Å². The fourth-order valence-electron chi connectivity index (χ4n) is 2.82. The molecule has 0 fully saturated rings. The zero-order valence-electron chi connectivity index (χ0n) is 14.2. The monoisotopic (exact) mass is 369 g/mol. The Morgan fingerprint density at radius 2 is 1.65 bits per heavy atom. The van der Waals surface area contributed by atoms with Gasteiger partial charge >= 0.3 is 11.8 Å². The standard InChI is InChI=1S/C20H20ClN3O2/c21-16-5-3-4-14(12-16)8-10-22-19(25)20(26)23-11-9-15-13-24-18-7-2-1-6-17(15)18/h1-7,12-13,24H,8-11H2,(H,22,25)(H,23,26). The molecule has 0 aliphatic carbocycles. The lowest BCUT2D eigenvalue weighted by Gasteiger charge is -2.07. The van der Waals surface area contributed by atoms with Gasteiger partial charge in [0, 0.05) is 35.2 Å². The van der Waals surface area contributed by atoms with Crippen molar-refractivity contribution in [1.82, 2.24) is 15.6 Å². The van der Waals surface area contributed by atoms with Gasteiger partial charge < -0.3 is 15.6 Å². The number of aromatic nitrogens is 1. The summed E-state index contributed by atoms with van der Waals surface area (Å²) < 4.78 is 0. The summed E-state index contributed by atoms with van der Waals surface area (Å²) in [6, 6.07) is 15.4. The first-order chi connectivity index (χ1) is 12.6. The third-order valence-corrected chi connectivity index (χ3v) is 4.38. The van der Waals surface area contributed by atoms with Crippen LogP contribution in [0.3, 0.4) is 0 Å². The largest absolute Gasteiger partial charge is 0.361 e. The summed E-state index contributed by atoms with van der Waals surface area (Å²) in [5.74, 6) is -1.23. The highest BCUT2D eigenvalue weighted by molar-refractivity contribution is 6.35. The van der Waals surface area contributed by atoms with Crippen LogP contribution in [-0.4, -0.2) is 29.9 Å². The van der Waals surface area contributed by atoms with Gasteiger partial charge in [0.05, 0.1) is 0 Å². The second kappa shape index (κ2) is 8.54. The average molecular weight is 370 g/mol. The van der Waals surface area contributed by atoms with E-state index in [0.717, 1.165) is 22.0 Å². The number of hydrogen-bond acceptors (Lipinski definition) is 2. The fourth-order valence-corrected chi connectivity index (χ4v) is 3.04. The maximum atomic E-state index is 11.9. The van der Waals surface area contributed by atoms with Crippen LogP contribution < -0.4 is 10.6 Å². The number of rotatable bonds is 6. The molecule has 0 saturated carbocycles. The number of carbonyl (C=O) groups excluding carboxylic acids is 2. The Labute approximate surface area is 156 Å². The molecule has 0 radical (unpaired) electrons. The molecular formula is C20H20ClN3O2. The molecule has 0 spiro atoms. The number of halogens is 1. The summed E-state index contributed by atoms with van der Waals surface area (Å²) in [7, 11) is 0. The summed E-state index contributed by atoms with van der Waals surface area (Å²) >= 11 is 5.92. The Bertz CT molecular complexity index is 920. The highest BCUT2D eigenvalue weighted by Gasteiger charge is 2.12. The minimum Gasteiger partial charge on any atom is -0.361 e. The van der Waals surface area contributed by atoms with Gasteiger partial charge in [-0.1, -0.05) is 41.9 Å². The summed E-state index contributed by atoms with van der Waals surface area (Å²) in [5.41, 5.74) is 3.19. The third kappa shape index (κ3) is 4.64. The predicted octanol–water partition coefficient (Wildman–Crippen LogP) is 2.84. The molecule has 2 amide bonds. The molecule has 0 aliphatic rings. The van der Waals surface area contributed by atoms with E-state index in [1.54, 1.807) is 6.07 Å². The molecule has 0 aliphatic heterocycles. The first kappa shape index (κ1) is 18.0. The quantitative estimate of drug-likeness (QED) is 0.584. The van der Waals surface area contributed by atoms with Crippen molar-refractivity contribution in [3.05, 3.63) is 70.9 Å². The Morgan fingerprint density at radius 1 is 0.923 bits per heavy atom. The first-order valence-electron chi connectivity index (χ1n) is 8.49. The number of carbonyl (C=O) groups is 2. The maximum Gasteiger partial charge on any atom is 0.309 e. The lowest BCUT2D eigenvalue weighted by atomic mass is 10.1. The van der Waals surface area contributed by atoms with Crippen molar-refractivity contribution in [2.24, 2.45) is 0 Å². The first-order valence-corrected chi connectivity index (χ1v) is 8.87. The number of H-pyrrole nitrogens is 1. The number of aromatic amines is 1. The molecule has 0 saturated heterocycles. The fraction of sp³-hybridized carbons (Fsp3) is 0.200. The Hall–Kier alpha value is -2.79. The maximum absolute atomic E-state index is 11.9. The number of benzene rings is 2. The van der Waals surface area contributed by atoms with E-state index >= 15 is 0 Å². The van der Waals surface area contributed by atoms with Crippen LogP contribution in [0.5, 0.6) is 0 Å². The zero-order valence-corrected chi connectivity index (χ0v) is 15.0. The molecule has 5 nitrogen and oxygen atoms in total. The van der Waals surface area contributed by atoms with E-state index in [0.29, 0.717) is 31.0 Å². The minimum atomic E-state index is -0.619. The van der Waals surface area contributed by atoms with Gasteiger partial charge in [0.15, 0.2) is 0 Å². The molecule has 1 aromatic heterocycles. The molecule has 134 valence electrons. The van der Waals surface area contributed by atoms with Gasteiger partial charge in [-0.05, 0) is 42.2 Å². The SMILES string of the molecule is O=C(NCCc1cccc(Cl)c1)C(=O)NCCc1c[nH]c2ccccc12. The van der Waals surface area contributed by atoms with E-state index < -0.39 is 11.8 Å². The molecule has 1 heterocycles. The Balaban J connectivity index is 1.41. The van der Waals surface area contributed by atoms with Gasteiger partial charge in [-0.3, -0.25) is 9.59 Å². The summed E-state index contributed by atoms with van der Waals surface area (Å²) in [6.45, 7) is 0.789. The highest BCUT2D eigenvalue weighted by atomic mass is 35.5. The molecule has 2 aromatic carbocycles. The van der Waals surface area contributed by atoms with E-state index in [4.69, 9.17) is 11.6 Å². The van der Waals surface area contributed by atoms with E-state index in [2.05, 4.69) is 15.6 Å². The van der Waals surface area contributed by atoms with E-state index in [1.807, 2.05) is 48.7 Å². The highest BCUT2D eigenvalue weighted by Crippen LogP contribution is 2.17. The lowest BCUT2D eigenvalue weighted by Crippen LogP contribution is -2.41. The van der Waals surface area contributed by atoms with Crippen molar-refractivity contribution in [3.8, 4) is 0 Å². The van der Waals surface area contributed by atoms with Crippen molar-refractivity contribution >= 4 is 34.3 Å². The van der Waals surface area contributed by atoms with E-state index in [-0.39, 0.29) is 0 Å². The number of nitrogens with one attached hydrogen (secondary N) is 3. The summed E-state index contributed by atoms with van der Waals surface area (Å²) in [4.78, 5) is 26.9. The molecule has 26 heavy (non-hydrogen) atoms. The van der Waals surface area contributed by atoms with Crippen LogP contribution >= 0.6 is 11.6 Å². The molecule has 6 heteroatoms. The second-order valence-electron chi connectivity index (χ2n) is 6.00. The molecule has 3 rings (SSSR count). The molecule has 0 bridgehead atoms. The smallest absolute Gasteiger partial charge is 0.309 e. The van der Waals surface area contributed by atoms with Crippen molar-refractivity contribution in [3.63, 3.8) is 0 Å². The average Bonchev–Trinajstić information content (AvgIpc) is 3.05. The second-order valence-corrected chi connectivity index (χ2v) is 6.44. The van der Waals surface area contributed by atoms with Crippen molar-refractivity contribution in [2.45, 2.75) is 12.8 Å². The number of fused-ring (bicyclic) bond motifs is 1. The summed E-state index contributed by atoms with van der Waals surface area (Å²) in [5, 5.41) is 7.07. The molecule has 0 atom stereocenters. The lowest BCUT2D eigenvalue weighted by molar-refractivity contribution is -0.139. The minimum absolute atomic E-state index is 0.384. The zero-order chi connectivity index (χ0) is 18.4. The van der Waals surface area contributed by atoms with Gasteiger partial charge in [-0.25, -0.2) is 0 Å².